The van der Waals surface area contributed by atoms with Crippen molar-refractivity contribution in [1.82, 2.24) is 14.7 Å². The molecule has 0 spiro atoms. The average molecular weight is 509 g/mol. The van der Waals surface area contributed by atoms with Crippen molar-refractivity contribution in [3.8, 4) is 11.5 Å². The summed E-state index contributed by atoms with van der Waals surface area (Å²) in [4.78, 5) is 43.7. The number of nitrogens with zero attached hydrogens (tertiary/aromatic N) is 3. The number of primary amides is 1. The van der Waals surface area contributed by atoms with Gasteiger partial charge < -0.3 is 25.0 Å². The number of rotatable bonds is 11. The highest BCUT2D eigenvalue weighted by Crippen LogP contribution is 2.33. The van der Waals surface area contributed by atoms with Crippen molar-refractivity contribution in [2.24, 2.45) is 11.7 Å². The number of carbonyl (C=O) groups is 3. The lowest BCUT2D eigenvalue weighted by Crippen LogP contribution is -2.57. The Morgan fingerprint density at radius 2 is 1.84 bits per heavy atom. The van der Waals surface area contributed by atoms with Crippen LogP contribution in [-0.4, -0.2) is 78.0 Å². The second-order valence-electron chi connectivity index (χ2n) is 10.2. The van der Waals surface area contributed by atoms with Crippen molar-refractivity contribution in [2.75, 3.05) is 39.5 Å². The highest BCUT2D eigenvalue weighted by molar-refractivity contribution is 5.84. The minimum atomic E-state index is -0.543. The lowest BCUT2D eigenvalue weighted by molar-refractivity contribution is -0.143. The molecule has 0 radical (unpaired) electrons. The van der Waals surface area contributed by atoms with Crippen molar-refractivity contribution in [2.45, 2.75) is 39.3 Å². The van der Waals surface area contributed by atoms with Crippen LogP contribution in [0.3, 0.4) is 0 Å². The predicted octanol–water partition coefficient (Wildman–Crippen LogP) is 2.03. The molecule has 1 unspecified atom stereocenters. The summed E-state index contributed by atoms with van der Waals surface area (Å²) >= 11 is 0. The van der Waals surface area contributed by atoms with E-state index in [0.717, 1.165) is 11.1 Å². The topological polar surface area (TPSA) is 105 Å². The van der Waals surface area contributed by atoms with E-state index < -0.39 is 5.91 Å². The van der Waals surface area contributed by atoms with Crippen LogP contribution in [0.1, 0.15) is 31.4 Å². The average Bonchev–Trinajstić information content (AvgIpc) is 3.32. The molecule has 2 aromatic rings. The van der Waals surface area contributed by atoms with Gasteiger partial charge in [0.05, 0.1) is 13.1 Å². The Labute approximate surface area is 218 Å². The predicted molar refractivity (Wildman–Crippen MR) is 139 cm³/mol. The van der Waals surface area contributed by atoms with Gasteiger partial charge in [-0.2, -0.15) is 0 Å². The molecule has 0 saturated carbocycles. The zero-order valence-corrected chi connectivity index (χ0v) is 21.6. The van der Waals surface area contributed by atoms with Crippen molar-refractivity contribution in [1.29, 1.82) is 0 Å². The third-order valence-electron chi connectivity index (χ3n) is 6.67. The van der Waals surface area contributed by atoms with Gasteiger partial charge in [0, 0.05) is 38.6 Å². The molecule has 9 nitrogen and oxygen atoms in total. The number of hydrogen-bond donors (Lipinski definition) is 1. The zero-order valence-electron chi connectivity index (χ0n) is 21.6. The summed E-state index contributed by atoms with van der Waals surface area (Å²) in [5.41, 5.74) is 7.54. The molecule has 3 amide bonds. The highest BCUT2D eigenvalue weighted by atomic mass is 16.7. The largest absolute Gasteiger partial charge is 0.454 e. The Hall–Kier alpha value is -3.59. The standard InChI is InChI=1S/C28H36N4O5/c1-20(2)14-32-16-23(13-27(34)30(17-26(29)33)11-10-21-6-4-3-5-7-21)31(18-28(32)35)15-22-8-9-24-25(12-22)37-19-36-24/h3-9,12,20,23H,10-11,13-19H2,1-2H3,(H2,29,33). The molecule has 4 rings (SSSR count). The van der Waals surface area contributed by atoms with E-state index in [1.165, 1.54) is 4.90 Å². The quantitative estimate of drug-likeness (QED) is 0.498. The van der Waals surface area contributed by atoms with Gasteiger partial charge in [0.25, 0.3) is 0 Å². The number of hydrogen-bond acceptors (Lipinski definition) is 6. The maximum absolute atomic E-state index is 13.5. The second kappa shape index (κ2) is 12.1. The van der Waals surface area contributed by atoms with Gasteiger partial charge >= 0.3 is 0 Å². The second-order valence-corrected chi connectivity index (χ2v) is 10.2. The normalized spacial score (nSPS) is 17.3. The SMILES string of the molecule is CC(C)CN1CC(CC(=O)N(CCc2ccccc2)CC(N)=O)N(Cc2ccc3c(c2)OCO3)CC1=O. The first-order chi connectivity index (χ1) is 17.8. The van der Waals surface area contributed by atoms with Crippen molar-refractivity contribution >= 4 is 17.7 Å². The summed E-state index contributed by atoms with van der Waals surface area (Å²) in [6, 6.07) is 15.4. The maximum atomic E-state index is 13.5. The van der Waals surface area contributed by atoms with E-state index >= 15 is 0 Å². The van der Waals surface area contributed by atoms with Crippen LogP contribution in [0.15, 0.2) is 48.5 Å². The molecular weight excluding hydrogens is 472 g/mol. The van der Waals surface area contributed by atoms with Crippen molar-refractivity contribution < 1.29 is 23.9 Å². The van der Waals surface area contributed by atoms with Gasteiger partial charge in [-0.25, -0.2) is 0 Å². The molecule has 37 heavy (non-hydrogen) atoms. The summed E-state index contributed by atoms with van der Waals surface area (Å²) in [6.07, 6.45) is 0.817. The van der Waals surface area contributed by atoms with Crippen LogP contribution in [0.4, 0.5) is 0 Å². The summed E-state index contributed by atoms with van der Waals surface area (Å²) < 4.78 is 10.9. The van der Waals surface area contributed by atoms with Crippen LogP contribution in [0, 0.1) is 5.92 Å². The molecule has 1 saturated heterocycles. The highest BCUT2D eigenvalue weighted by Gasteiger charge is 2.35. The molecule has 1 fully saturated rings. The number of carbonyl (C=O) groups excluding carboxylic acids is 3. The van der Waals surface area contributed by atoms with E-state index in [9.17, 15) is 14.4 Å². The zero-order chi connectivity index (χ0) is 26.4. The molecule has 0 aliphatic carbocycles. The van der Waals surface area contributed by atoms with Gasteiger partial charge in [0.2, 0.25) is 24.5 Å². The van der Waals surface area contributed by atoms with Crippen LogP contribution in [0.2, 0.25) is 0 Å². The van der Waals surface area contributed by atoms with Crippen molar-refractivity contribution in [3.63, 3.8) is 0 Å². The molecule has 198 valence electrons. The monoisotopic (exact) mass is 508 g/mol. The number of amides is 3. The third-order valence-corrected chi connectivity index (χ3v) is 6.67. The fourth-order valence-electron chi connectivity index (χ4n) is 4.86. The molecule has 2 aromatic carbocycles. The fraction of sp³-hybridized carbons (Fsp3) is 0.464. The summed E-state index contributed by atoms with van der Waals surface area (Å²) in [6.45, 7) is 6.42. The van der Waals surface area contributed by atoms with Gasteiger partial charge in [0.1, 0.15) is 0 Å². The smallest absolute Gasteiger partial charge is 0.237 e. The van der Waals surface area contributed by atoms with Crippen molar-refractivity contribution in [3.05, 3.63) is 59.7 Å². The van der Waals surface area contributed by atoms with E-state index in [0.29, 0.717) is 50.0 Å². The van der Waals surface area contributed by atoms with E-state index in [1.54, 1.807) is 0 Å². The first kappa shape index (κ1) is 26.5. The van der Waals surface area contributed by atoms with Gasteiger partial charge in [-0.15, -0.1) is 0 Å². The molecule has 0 aromatic heterocycles. The number of nitrogens with two attached hydrogens (primary N) is 1. The minimum absolute atomic E-state index is 0.0520. The van der Waals surface area contributed by atoms with E-state index in [4.69, 9.17) is 15.2 Å². The number of piperazine rings is 1. The van der Waals surface area contributed by atoms with Gasteiger partial charge in [-0.3, -0.25) is 19.3 Å². The molecule has 2 aliphatic heterocycles. The lowest BCUT2D eigenvalue weighted by Gasteiger charge is -2.42. The first-order valence-corrected chi connectivity index (χ1v) is 12.8. The molecular formula is C28H36N4O5. The number of fused-ring (bicyclic) bond motifs is 1. The Bertz CT molecular complexity index is 1110. The Balaban J connectivity index is 1.49. The van der Waals surface area contributed by atoms with Crippen LogP contribution >= 0.6 is 0 Å². The molecule has 9 heteroatoms. The van der Waals surface area contributed by atoms with Crippen LogP contribution < -0.4 is 15.2 Å². The summed E-state index contributed by atoms with van der Waals surface area (Å²) in [5.74, 6) is 1.07. The third kappa shape index (κ3) is 7.22. The van der Waals surface area contributed by atoms with E-state index in [1.807, 2.05) is 58.3 Å². The molecule has 2 aliphatic rings. The van der Waals surface area contributed by atoms with Gasteiger partial charge in [-0.1, -0.05) is 50.2 Å². The maximum Gasteiger partial charge on any atom is 0.237 e. The molecule has 1 atom stereocenters. The Kier molecular flexibility index (Phi) is 8.66. The van der Waals surface area contributed by atoms with Crippen LogP contribution in [0.5, 0.6) is 11.5 Å². The van der Waals surface area contributed by atoms with E-state index in [2.05, 4.69) is 13.8 Å². The van der Waals surface area contributed by atoms with Gasteiger partial charge in [-0.05, 0) is 35.6 Å². The Morgan fingerprint density at radius 1 is 1.08 bits per heavy atom. The van der Waals surface area contributed by atoms with Gasteiger partial charge in [0.15, 0.2) is 11.5 Å². The summed E-state index contributed by atoms with van der Waals surface area (Å²) in [7, 11) is 0. The number of benzene rings is 2. The van der Waals surface area contributed by atoms with E-state index in [-0.39, 0.29) is 44.2 Å². The fourth-order valence-corrected chi connectivity index (χ4v) is 4.86. The minimum Gasteiger partial charge on any atom is -0.454 e. The lowest BCUT2D eigenvalue weighted by atomic mass is 10.0. The molecule has 0 bridgehead atoms. The molecule has 2 N–H and O–H groups in total. The number of ether oxygens (including phenoxy) is 2. The van der Waals surface area contributed by atoms with Crippen LogP contribution in [-0.2, 0) is 27.3 Å². The first-order valence-electron chi connectivity index (χ1n) is 12.8. The summed E-state index contributed by atoms with van der Waals surface area (Å²) in [5, 5.41) is 0. The Morgan fingerprint density at radius 3 is 2.57 bits per heavy atom. The molecule has 2 heterocycles. The van der Waals surface area contributed by atoms with Crippen LogP contribution in [0.25, 0.3) is 0 Å².